The molecule has 0 aromatic heterocycles. The predicted molar refractivity (Wildman–Crippen MR) is 177 cm³/mol. The summed E-state index contributed by atoms with van der Waals surface area (Å²) in [7, 11) is 0. The van der Waals surface area contributed by atoms with Gasteiger partial charge < -0.3 is 34.8 Å². The molecule has 5 aliphatic rings. The lowest BCUT2D eigenvalue weighted by Gasteiger charge is -2.44. The summed E-state index contributed by atoms with van der Waals surface area (Å²) in [5.41, 5.74) is 0.372. The molecule has 5 fully saturated rings. The summed E-state index contributed by atoms with van der Waals surface area (Å²) in [6.45, 7) is 8.61. The van der Waals surface area contributed by atoms with Gasteiger partial charge in [-0.2, -0.15) is 0 Å². The number of thioether (sulfide) groups is 2. The van der Waals surface area contributed by atoms with E-state index in [0.29, 0.717) is 18.5 Å². The van der Waals surface area contributed by atoms with Crippen LogP contribution in [0.3, 0.4) is 0 Å². The molecule has 18 heteroatoms. The van der Waals surface area contributed by atoms with Crippen LogP contribution in [0.2, 0.25) is 0 Å². The van der Waals surface area contributed by atoms with Crippen molar-refractivity contribution < 1.29 is 47.8 Å². The molecular formula is C32H38N6O10S2. The smallest absolute Gasteiger partial charge is 0.333 e. The molecular weight excluding hydrogens is 693 g/mol. The van der Waals surface area contributed by atoms with Crippen LogP contribution in [0.4, 0.5) is 4.79 Å². The van der Waals surface area contributed by atoms with E-state index in [0.717, 1.165) is 4.90 Å². The number of piperazine rings is 1. The van der Waals surface area contributed by atoms with Gasteiger partial charge in [-0.25, -0.2) is 14.4 Å². The Balaban J connectivity index is 1.08. The van der Waals surface area contributed by atoms with Crippen molar-refractivity contribution in [3.05, 3.63) is 35.9 Å². The van der Waals surface area contributed by atoms with Crippen molar-refractivity contribution in [3.8, 4) is 0 Å². The lowest BCUT2D eigenvalue weighted by atomic mass is 9.95. The molecule has 0 aliphatic carbocycles. The number of hydrogen-bond acceptors (Lipinski definition) is 12. The largest absolute Gasteiger partial charge is 0.426 e. The zero-order chi connectivity index (χ0) is 36.3. The Morgan fingerprint density at radius 2 is 1.50 bits per heavy atom. The standard InChI is InChI=1S/C32H38N6O10S2/c1-6-35-12-13-36(26(43)25(35)42)30(46)34-19(16-10-8-7-9-11-16)23(40)33-20-24(41)38-22(32(4,5)50-27(20)38)29(45)48-15-47-28(44)21-31(2,3)49-18-14-17(39)37(18)21/h7-11,18-22,27H,6,12-15H2,1-5H3,(H,33,40)(H,34,46)/t18-,19?,20-,21+,22+,27-/m1/s1. The number of nitrogens with one attached hydrogen (secondary N) is 2. The molecule has 5 aliphatic heterocycles. The molecule has 1 aromatic rings. The summed E-state index contributed by atoms with van der Waals surface area (Å²) in [4.78, 5) is 109. The average molecular weight is 731 g/mol. The third-order valence-corrected chi connectivity index (χ3v) is 12.6. The Bertz CT molecular complexity index is 1660. The summed E-state index contributed by atoms with van der Waals surface area (Å²) in [6, 6.07) is 3.04. The van der Waals surface area contributed by atoms with Crippen molar-refractivity contribution in [3.63, 3.8) is 0 Å². The molecule has 5 saturated heterocycles. The van der Waals surface area contributed by atoms with E-state index in [1.807, 2.05) is 13.8 Å². The number of ether oxygens (including phenoxy) is 2. The van der Waals surface area contributed by atoms with E-state index in [4.69, 9.17) is 9.47 Å². The number of carbonyl (C=O) groups excluding carboxylic acids is 8. The minimum absolute atomic E-state index is 0.0514. The van der Waals surface area contributed by atoms with Gasteiger partial charge >= 0.3 is 29.8 Å². The number of urea groups is 1. The molecule has 1 aromatic carbocycles. The summed E-state index contributed by atoms with van der Waals surface area (Å²) in [6.07, 6.45) is 0.356. The van der Waals surface area contributed by atoms with Gasteiger partial charge in [0.05, 0.1) is 11.8 Å². The van der Waals surface area contributed by atoms with Crippen molar-refractivity contribution >= 4 is 71.0 Å². The van der Waals surface area contributed by atoms with Crippen molar-refractivity contribution in [1.29, 1.82) is 0 Å². The maximum atomic E-state index is 13.7. The Kier molecular flexibility index (Phi) is 9.30. The lowest BCUT2D eigenvalue weighted by molar-refractivity contribution is -0.181. The van der Waals surface area contributed by atoms with Crippen LogP contribution < -0.4 is 10.6 Å². The number of amides is 7. The van der Waals surface area contributed by atoms with Crippen LogP contribution in [0.1, 0.15) is 52.6 Å². The van der Waals surface area contributed by atoms with Gasteiger partial charge in [0, 0.05) is 29.1 Å². The van der Waals surface area contributed by atoms with Gasteiger partial charge in [0.25, 0.3) is 0 Å². The second-order valence-electron chi connectivity index (χ2n) is 13.5. The predicted octanol–water partition coefficient (Wildman–Crippen LogP) is 0.171. The van der Waals surface area contributed by atoms with Crippen LogP contribution in [-0.4, -0.2) is 132 Å². The Morgan fingerprint density at radius 3 is 2.12 bits per heavy atom. The van der Waals surface area contributed by atoms with E-state index in [2.05, 4.69) is 10.6 Å². The monoisotopic (exact) mass is 730 g/mol. The van der Waals surface area contributed by atoms with Crippen LogP contribution in [0.25, 0.3) is 0 Å². The number of carbonyl (C=O) groups is 8. The number of nitrogens with zero attached hydrogens (tertiary/aromatic N) is 4. The first-order chi connectivity index (χ1) is 23.6. The first-order valence-corrected chi connectivity index (χ1v) is 17.9. The van der Waals surface area contributed by atoms with Gasteiger partial charge in [-0.15, -0.1) is 23.5 Å². The Hall–Kier alpha value is -4.32. The summed E-state index contributed by atoms with van der Waals surface area (Å²) in [5, 5.41) is 4.49. The molecule has 5 heterocycles. The maximum absolute atomic E-state index is 13.7. The SMILES string of the molecule is CCN1CCN(C(=O)NC(C(=O)N[C@@H]2C(=O)N3[C@@H]2SC(C)(C)[C@@H]3C(=O)OCOC(=O)[C@@H]2N3C(=O)C[C@H]3SC2(C)C)c2ccccc2)C(=O)C1=O. The van der Waals surface area contributed by atoms with E-state index >= 15 is 0 Å². The van der Waals surface area contributed by atoms with Gasteiger partial charge in [-0.05, 0) is 40.2 Å². The molecule has 0 spiro atoms. The number of esters is 2. The minimum Gasteiger partial charge on any atom is -0.426 e. The van der Waals surface area contributed by atoms with E-state index in [9.17, 15) is 38.4 Å². The van der Waals surface area contributed by atoms with Gasteiger partial charge in [0.15, 0.2) is 0 Å². The van der Waals surface area contributed by atoms with Gasteiger partial charge in [0.1, 0.15) is 29.5 Å². The topological polar surface area (TPSA) is 192 Å². The maximum Gasteiger partial charge on any atom is 0.333 e. The van der Waals surface area contributed by atoms with E-state index in [1.54, 1.807) is 51.1 Å². The first-order valence-electron chi connectivity index (χ1n) is 16.2. The second-order valence-corrected chi connectivity index (χ2v) is 17.1. The van der Waals surface area contributed by atoms with Crippen LogP contribution in [-0.2, 0) is 43.0 Å². The lowest BCUT2D eigenvalue weighted by Crippen LogP contribution is -2.71. The zero-order valence-corrected chi connectivity index (χ0v) is 29.7. The molecule has 1 unspecified atom stereocenters. The number of hydrogen-bond donors (Lipinski definition) is 2. The molecule has 6 rings (SSSR count). The molecule has 7 amide bonds. The molecule has 50 heavy (non-hydrogen) atoms. The number of β-lactam (4-membered cyclic amide) rings is 2. The summed E-state index contributed by atoms with van der Waals surface area (Å²) in [5.74, 6) is -4.75. The van der Waals surface area contributed by atoms with Crippen molar-refractivity contribution in [2.75, 3.05) is 26.4 Å². The fraction of sp³-hybridized carbons (Fsp3) is 0.562. The minimum atomic E-state index is -1.32. The first kappa shape index (κ1) is 35.5. The van der Waals surface area contributed by atoms with Crippen molar-refractivity contribution in [2.24, 2.45) is 0 Å². The Labute approximate surface area is 296 Å². The number of imide groups is 1. The summed E-state index contributed by atoms with van der Waals surface area (Å²) >= 11 is 2.79. The average Bonchev–Trinajstić information content (AvgIpc) is 3.46. The highest BCUT2D eigenvalue weighted by atomic mass is 32.2. The van der Waals surface area contributed by atoms with Gasteiger partial charge in [-0.1, -0.05) is 30.3 Å². The number of likely N-dealkylation sites (N-methyl/N-ethyl adjacent to an activating group) is 1. The highest BCUT2D eigenvalue weighted by molar-refractivity contribution is 8.02. The van der Waals surface area contributed by atoms with E-state index < -0.39 is 87.4 Å². The molecule has 0 radical (unpaired) electrons. The molecule has 268 valence electrons. The second kappa shape index (κ2) is 13.1. The molecule has 16 nitrogen and oxygen atoms in total. The molecule has 0 bridgehead atoms. The van der Waals surface area contributed by atoms with Crippen LogP contribution >= 0.6 is 23.5 Å². The van der Waals surface area contributed by atoms with Gasteiger partial charge in [-0.3, -0.25) is 28.9 Å². The van der Waals surface area contributed by atoms with Crippen LogP contribution in [0.15, 0.2) is 30.3 Å². The van der Waals surface area contributed by atoms with Crippen molar-refractivity contribution in [2.45, 2.75) is 85.4 Å². The van der Waals surface area contributed by atoms with Gasteiger partial charge in [0.2, 0.25) is 24.5 Å². The fourth-order valence-electron chi connectivity index (χ4n) is 6.94. The van der Waals surface area contributed by atoms with E-state index in [-0.39, 0.29) is 24.4 Å². The van der Waals surface area contributed by atoms with Crippen LogP contribution in [0.5, 0.6) is 0 Å². The van der Waals surface area contributed by atoms with E-state index in [1.165, 1.54) is 38.2 Å². The molecule has 2 N–H and O–H groups in total. The summed E-state index contributed by atoms with van der Waals surface area (Å²) < 4.78 is 9.15. The normalized spacial score (nSPS) is 28.2. The fourth-order valence-corrected chi connectivity index (χ4v) is 10.2. The number of benzene rings is 1. The third kappa shape index (κ3) is 6.05. The highest BCUT2D eigenvalue weighted by Gasteiger charge is 2.65. The van der Waals surface area contributed by atoms with Crippen molar-refractivity contribution in [1.82, 2.24) is 30.2 Å². The van der Waals surface area contributed by atoms with Crippen LogP contribution in [0, 0.1) is 0 Å². The quantitative estimate of drug-likeness (QED) is 0.152. The molecule has 0 saturated carbocycles. The number of rotatable bonds is 9. The Morgan fingerprint density at radius 1 is 0.880 bits per heavy atom. The zero-order valence-electron chi connectivity index (χ0n) is 28.1. The third-order valence-electron chi connectivity index (χ3n) is 9.51. The molecule has 6 atom stereocenters. The number of fused-ring (bicyclic) bond motifs is 2. The highest BCUT2D eigenvalue weighted by Crippen LogP contribution is 2.52.